The fourth-order valence-electron chi connectivity index (χ4n) is 2.40. The number of rotatable bonds is 5. The molecule has 0 aromatic carbocycles. The van der Waals surface area contributed by atoms with Gasteiger partial charge in [0.2, 0.25) is 5.91 Å². The van der Waals surface area contributed by atoms with E-state index < -0.39 is 5.91 Å². The maximum absolute atomic E-state index is 12.5. The van der Waals surface area contributed by atoms with E-state index in [1.165, 1.54) is 6.26 Å². The Labute approximate surface area is 111 Å². The molecule has 1 aliphatic rings. The highest BCUT2D eigenvalue weighted by molar-refractivity contribution is 5.97. The minimum Gasteiger partial charge on any atom is -0.469 e. The summed E-state index contributed by atoms with van der Waals surface area (Å²) in [6.45, 7) is 3.40. The monoisotopic (exact) mass is 265 g/mol. The van der Waals surface area contributed by atoms with E-state index in [4.69, 9.17) is 10.2 Å². The van der Waals surface area contributed by atoms with Gasteiger partial charge in [0.1, 0.15) is 5.76 Å². The van der Waals surface area contributed by atoms with Gasteiger partial charge in [0, 0.05) is 19.0 Å². The van der Waals surface area contributed by atoms with Gasteiger partial charge in [-0.25, -0.2) is 0 Å². The molecule has 6 nitrogen and oxygen atoms in total. The van der Waals surface area contributed by atoms with Crippen molar-refractivity contribution in [2.45, 2.75) is 25.8 Å². The lowest BCUT2D eigenvalue weighted by atomic mass is 10.1. The molecular formula is C13H19N3O3. The van der Waals surface area contributed by atoms with Crippen molar-refractivity contribution in [1.29, 1.82) is 0 Å². The van der Waals surface area contributed by atoms with E-state index in [-0.39, 0.29) is 18.5 Å². The van der Waals surface area contributed by atoms with E-state index in [0.29, 0.717) is 24.3 Å². The van der Waals surface area contributed by atoms with Gasteiger partial charge in [0.05, 0.1) is 18.4 Å². The van der Waals surface area contributed by atoms with Gasteiger partial charge in [-0.15, -0.1) is 0 Å². The highest BCUT2D eigenvalue weighted by Crippen LogP contribution is 2.17. The van der Waals surface area contributed by atoms with Gasteiger partial charge < -0.3 is 20.4 Å². The number of nitrogens with zero attached hydrogens (tertiary/aromatic N) is 1. The van der Waals surface area contributed by atoms with Crippen LogP contribution in [0, 0.1) is 0 Å². The Morgan fingerprint density at radius 2 is 2.37 bits per heavy atom. The summed E-state index contributed by atoms with van der Waals surface area (Å²) in [7, 11) is 0. The Balaban J connectivity index is 2.21. The number of aryl methyl sites for hydroxylation is 1. The van der Waals surface area contributed by atoms with Crippen molar-refractivity contribution < 1.29 is 14.0 Å². The molecule has 1 aromatic heterocycles. The number of carbonyl (C=O) groups is 2. The topological polar surface area (TPSA) is 88.6 Å². The summed E-state index contributed by atoms with van der Waals surface area (Å²) in [5, 5.41) is 3.19. The molecule has 2 amide bonds. The van der Waals surface area contributed by atoms with Gasteiger partial charge in [0.15, 0.2) is 0 Å². The molecule has 3 N–H and O–H groups in total. The van der Waals surface area contributed by atoms with E-state index in [9.17, 15) is 9.59 Å². The molecule has 1 aliphatic heterocycles. The van der Waals surface area contributed by atoms with Crippen molar-refractivity contribution in [3.8, 4) is 0 Å². The number of primary amides is 1. The standard InChI is InChI=1S/C13H19N3O3/c1-2-11-10(4-6-19-11)13(18)16(8-12(14)17)9-3-5-15-7-9/h4,6,9,15H,2-3,5,7-8H2,1H3,(H2,14,17). The zero-order chi connectivity index (χ0) is 13.8. The molecule has 1 atom stereocenters. The number of amides is 2. The summed E-state index contributed by atoms with van der Waals surface area (Å²) in [5.41, 5.74) is 5.77. The van der Waals surface area contributed by atoms with Crippen molar-refractivity contribution >= 4 is 11.8 Å². The van der Waals surface area contributed by atoms with Crippen LogP contribution in [-0.2, 0) is 11.2 Å². The van der Waals surface area contributed by atoms with Crippen LogP contribution in [0.2, 0.25) is 0 Å². The van der Waals surface area contributed by atoms with Gasteiger partial charge >= 0.3 is 0 Å². The van der Waals surface area contributed by atoms with Crippen LogP contribution < -0.4 is 11.1 Å². The minimum absolute atomic E-state index is 0.0135. The van der Waals surface area contributed by atoms with E-state index in [0.717, 1.165) is 13.0 Å². The molecule has 0 spiro atoms. The minimum atomic E-state index is -0.498. The fourth-order valence-corrected chi connectivity index (χ4v) is 2.40. The van der Waals surface area contributed by atoms with Gasteiger partial charge in [-0.05, 0) is 19.0 Å². The largest absolute Gasteiger partial charge is 0.469 e. The van der Waals surface area contributed by atoms with Gasteiger partial charge in [-0.3, -0.25) is 9.59 Å². The van der Waals surface area contributed by atoms with Crippen LogP contribution in [0.4, 0.5) is 0 Å². The van der Waals surface area contributed by atoms with E-state index in [2.05, 4.69) is 5.32 Å². The zero-order valence-corrected chi connectivity index (χ0v) is 11.0. The molecule has 104 valence electrons. The molecule has 0 radical (unpaired) electrons. The van der Waals surface area contributed by atoms with Crippen molar-refractivity contribution in [3.63, 3.8) is 0 Å². The summed E-state index contributed by atoms with van der Waals surface area (Å²) in [5.74, 6) is -0.0367. The average molecular weight is 265 g/mol. The smallest absolute Gasteiger partial charge is 0.258 e. The number of nitrogens with one attached hydrogen (secondary N) is 1. The molecule has 19 heavy (non-hydrogen) atoms. The maximum Gasteiger partial charge on any atom is 0.258 e. The normalized spacial score (nSPS) is 18.5. The molecule has 1 fully saturated rings. The quantitative estimate of drug-likeness (QED) is 0.792. The van der Waals surface area contributed by atoms with Crippen LogP contribution in [-0.4, -0.2) is 42.4 Å². The van der Waals surface area contributed by atoms with Crippen molar-refractivity contribution in [3.05, 3.63) is 23.7 Å². The number of hydrogen-bond donors (Lipinski definition) is 2. The average Bonchev–Trinajstić information content (AvgIpc) is 3.05. The predicted octanol–water partition coefficient (Wildman–Crippen LogP) is 0.131. The molecule has 1 unspecified atom stereocenters. The van der Waals surface area contributed by atoms with Gasteiger partial charge in [-0.2, -0.15) is 0 Å². The summed E-state index contributed by atoms with van der Waals surface area (Å²) in [6, 6.07) is 1.66. The van der Waals surface area contributed by atoms with Crippen LogP contribution >= 0.6 is 0 Å². The van der Waals surface area contributed by atoms with Crippen LogP contribution in [0.15, 0.2) is 16.7 Å². The van der Waals surface area contributed by atoms with E-state index in [1.54, 1.807) is 11.0 Å². The van der Waals surface area contributed by atoms with Crippen LogP contribution in [0.1, 0.15) is 29.5 Å². The number of hydrogen-bond acceptors (Lipinski definition) is 4. The molecule has 1 aromatic rings. The molecule has 2 rings (SSSR count). The third-order valence-electron chi connectivity index (χ3n) is 3.36. The number of furan rings is 1. The summed E-state index contributed by atoms with van der Waals surface area (Å²) in [4.78, 5) is 25.3. The summed E-state index contributed by atoms with van der Waals surface area (Å²) >= 11 is 0. The SMILES string of the molecule is CCc1occc1C(=O)N(CC(N)=O)C1CCNC1. The van der Waals surface area contributed by atoms with Crippen molar-refractivity contribution in [2.75, 3.05) is 19.6 Å². The zero-order valence-electron chi connectivity index (χ0n) is 11.0. The first-order valence-corrected chi connectivity index (χ1v) is 6.49. The molecule has 6 heteroatoms. The molecule has 0 aliphatic carbocycles. The molecule has 1 saturated heterocycles. The Morgan fingerprint density at radius 3 is 2.95 bits per heavy atom. The second kappa shape index (κ2) is 5.88. The van der Waals surface area contributed by atoms with Crippen LogP contribution in [0.25, 0.3) is 0 Å². The highest BCUT2D eigenvalue weighted by atomic mass is 16.3. The van der Waals surface area contributed by atoms with Crippen molar-refractivity contribution in [1.82, 2.24) is 10.2 Å². The molecule has 2 heterocycles. The second-order valence-electron chi connectivity index (χ2n) is 4.66. The number of nitrogens with two attached hydrogens (primary N) is 1. The first kappa shape index (κ1) is 13.6. The van der Waals surface area contributed by atoms with Crippen molar-refractivity contribution in [2.24, 2.45) is 5.73 Å². The van der Waals surface area contributed by atoms with Gasteiger partial charge in [-0.1, -0.05) is 6.92 Å². The third-order valence-corrected chi connectivity index (χ3v) is 3.36. The molecule has 0 bridgehead atoms. The van der Waals surface area contributed by atoms with E-state index in [1.807, 2.05) is 6.92 Å². The first-order chi connectivity index (χ1) is 9.13. The highest BCUT2D eigenvalue weighted by Gasteiger charge is 2.30. The lowest BCUT2D eigenvalue weighted by molar-refractivity contribution is -0.119. The Morgan fingerprint density at radius 1 is 1.58 bits per heavy atom. The lowest BCUT2D eigenvalue weighted by Crippen LogP contribution is -2.46. The predicted molar refractivity (Wildman–Crippen MR) is 69.6 cm³/mol. The maximum atomic E-state index is 12.5. The lowest BCUT2D eigenvalue weighted by Gasteiger charge is -2.27. The number of carbonyl (C=O) groups excluding carboxylic acids is 2. The summed E-state index contributed by atoms with van der Waals surface area (Å²) < 4.78 is 5.27. The molecular weight excluding hydrogens is 246 g/mol. The first-order valence-electron chi connectivity index (χ1n) is 6.49. The van der Waals surface area contributed by atoms with E-state index >= 15 is 0 Å². The Bertz CT molecular complexity index is 463. The Kier molecular flexibility index (Phi) is 4.21. The molecule has 0 saturated carbocycles. The summed E-state index contributed by atoms with van der Waals surface area (Å²) in [6.07, 6.45) is 2.97. The second-order valence-corrected chi connectivity index (χ2v) is 4.66. The Hall–Kier alpha value is -1.82. The fraction of sp³-hybridized carbons (Fsp3) is 0.538. The van der Waals surface area contributed by atoms with Crippen LogP contribution in [0.5, 0.6) is 0 Å². The third kappa shape index (κ3) is 2.96. The van der Waals surface area contributed by atoms with Crippen LogP contribution in [0.3, 0.4) is 0 Å². The van der Waals surface area contributed by atoms with Gasteiger partial charge in [0.25, 0.3) is 5.91 Å².